The molecule has 2 aromatic rings. The zero-order valence-electron chi connectivity index (χ0n) is 20.2. The van der Waals surface area contributed by atoms with Gasteiger partial charge in [0.15, 0.2) is 23.9 Å². The number of amides is 1. The molecule has 0 bridgehead atoms. The van der Waals surface area contributed by atoms with Gasteiger partial charge in [0.2, 0.25) is 5.88 Å². The SMILES string of the molecule is COc1cc(C2C(C#N)=C(N)OC3=C2C(=O)CC(C)(C)C3)ccc1OCC(=O)Nc1ccccc1Cl. The molecule has 0 radical (unpaired) electrons. The summed E-state index contributed by atoms with van der Waals surface area (Å²) >= 11 is 6.09. The molecular formula is C27H26ClN3O5. The second-order valence-electron chi connectivity index (χ2n) is 9.43. The van der Waals surface area contributed by atoms with Crippen LogP contribution >= 0.6 is 11.6 Å². The maximum Gasteiger partial charge on any atom is 0.262 e. The molecule has 1 heterocycles. The maximum atomic E-state index is 13.1. The van der Waals surface area contributed by atoms with Crippen molar-refractivity contribution < 1.29 is 23.8 Å². The molecule has 1 aliphatic heterocycles. The molecule has 4 rings (SSSR count). The van der Waals surface area contributed by atoms with Gasteiger partial charge in [0.05, 0.1) is 23.7 Å². The van der Waals surface area contributed by atoms with E-state index in [1.807, 2.05) is 13.8 Å². The van der Waals surface area contributed by atoms with E-state index in [9.17, 15) is 14.9 Å². The van der Waals surface area contributed by atoms with E-state index in [4.69, 9.17) is 31.5 Å². The van der Waals surface area contributed by atoms with Gasteiger partial charge in [-0.2, -0.15) is 5.26 Å². The molecule has 0 aromatic heterocycles. The van der Waals surface area contributed by atoms with Crippen LogP contribution < -0.4 is 20.5 Å². The number of carbonyl (C=O) groups is 2. The summed E-state index contributed by atoms with van der Waals surface area (Å²) in [5, 5.41) is 12.9. The first-order valence-corrected chi connectivity index (χ1v) is 11.7. The number of Topliss-reactive ketones (excluding diaryl/α,β-unsaturated/α-hetero) is 1. The molecule has 2 aliphatic rings. The van der Waals surface area contributed by atoms with Crippen molar-refractivity contribution >= 4 is 29.0 Å². The summed E-state index contributed by atoms with van der Waals surface area (Å²) in [7, 11) is 1.47. The summed E-state index contributed by atoms with van der Waals surface area (Å²) in [6.07, 6.45) is 0.867. The highest BCUT2D eigenvalue weighted by Crippen LogP contribution is 2.48. The first kappa shape index (κ1) is 25.1. The molecule has 1 unspecified atom stereocenters. The number of nitriles is 1. The number of methoxy groups -OCH3 is 1. The van der Waals surface area contributed by atoms with Gasteiger partial charge >= 0.3 is 0 Å². The first-order chi connectivity index (χ1) is 17.1. The lowest BCUT2D eigenvalue weighted by atomic mass is 9.70. The number of nitrogens with one attached hydrogen (secondary N) is 1. The van der Waals surface area contributed by atoms with E-state index in [0.717, 1.165) is 0 Å². The van der Waals surface area contributed by atoms with Crippen LogP contribution in [-0.2, 0) is 14.3 Å². The highest BCUT2D eigenvalue weighted by atomic mass is 35.5. The van der Waals surface area contributed by atoms with E-state index in [1.165, 1.54) is 7.11 Å². The van der Waals surface area contributed by atoms with Crippen molar-refractivity contribution in [2.45, 2.75) is 32.6 Å². The lowest BCUT2D eigenvalue weighted by Gasteiger charge is -2.37. The number of ether oxygens (including phenoxy) is 3. The molecule has 0 saturated heterocycles. The molecule has 1 amide bonds. The lowest BCUT2D eigenvalue weighted by Crippen LogP contribution is -2.33. The Kier molecular flexibility index (Phi) is 6.95. The average Bonchev–Trinajstić information content (AvgIpc) is 2.82. The van der Waals surface area contributed by atoms with Crippen molar-refractivity contribution in [2.24, 2.45) is 11.1 Å². The van der Waals surface area contributed by atoms with E-state index in [2.05, 4.69) is 11.4 Å². The molecule has 36 heavy (non-hydrogen) atoms. The molecule has 0 fully saturated rings. The predicted octanol–water partition coefficient (Wildman–Crippen LogP) is 4.82. The van der Waals surface area contributed by atoms with E-state index < -0.39 is 11.8 Å². The van der Waals surface area contributed by atoms with Gasteiger partial charge in [-0.3, -0.25) is 9.59 Å². The molecule has 0 spiro atoms. The minimum Gasteiger partial charge on any atom is -0.493 e. The minimum absolute atomic E-state index is 0.0118. The number of nitrogens with zero attached hydrogens (tertiary/aromatic N) is 1. The number of carbonyl (C=O) groups excluding carboxylic acids is 2. The number of para-hydroxylation sites is 1. The average molecular weight is 508 g/mol. The van der Waals surface area contributed by atoms with Gasteiger partial charge in [0.1, 0.15) is 17.4 Å². The molecule has 1 aliphatic carbocycles. The molecule has 9 heteroatoms. The molecule has 1 atom stereocenters. The number of anilines is 1. The fraction of sp³-hybridized carbons (Fsp3) is 0.296. The summed E-state index contributed by atoms with van der Waals surface area (Å²) in [5.41, 5.74) is 7.53. The van der Waals surface area contributed by atoms with E-state index >= 15 is 0 Å². The van der Waals surface area contributed by atoms with Gasteiger partial charge in [0.25, 0.3) is 5.91 Å². The van der Waals surface area contributed by atoms with Crippen molar-refractivity contribution in [3.63, 3.8) is 0 Å². The normalized spacial score (nSPS) is 18.6. The Labute approximate surface area is 214 Å². The molecule has 2 aromatic carbocycles. The molecular weight excluding hydrogens is 482 g/mol. The quantitative estimate of drug-likeness (QED) is 0.574. The number of ketones is 1. The number of benzene rings is 2. The van der Waals surface area contributed by atoms with E-state index in [0.29, 0.717) is 51.9 Å². The van der Waals surface area contributed by atoms with Crippen LogP contribution in [0.5, 0.6) is 11.5 Å². The Bertz CT molecular complexity index is 1340. The minimum atomic E-state index is -0.686. The predicted molar refractivity (Wildman–Crippen MR) is 134 cm³/mol. The second-order valence-corrected chi connectivity index (χ2v) is 9.84. The highest BCUT2D eigenvalue weighted by Gasteiger charge is 2.43. The standard InChI is InChI=1S/C27H26ClN3O5/c1-27(2)11-19(32)25-22(12-27)36-26(30)16(13-29)24(25)15-8-9-20(21(10-15)34-3)35-14-23(33)31-18-7-5-4-6-17(18)28/h4-10,24H,11-12,14,30H2,1-3H3,(H,31,33). The first-order valence-electron chi connectivity index (χ1n) is 11.3. The Morgan fingerprint density at radius 1 is 1.25 bits per heavy atom. The summed E-state index contributed by atoms with van der Waals surface area (Å²) in [6, 6.07) is 14.0. The zero-order valence-corrected chi connectivity index (χ0v) is 20.9. The van der Waals surface area contributed by atoms with Crippen LogP contribution in [0.15, 0.2) is 65.3 Å². The Morgan fingerprint density at radius 3 is 2.69 bits per heavy atom. The summed E-state index contributed by atoms with van der Waals surface area (Å²) in [4.78, 5) is 25.5. The van der Waals surface area contributed by atoms with Gasteiger partial charge in [-0.05, 0) is 35.2 Å². The fourth-order valence-corrected chi connectivity index (χ4v) is 4.68. The smallest absolute Gasteiger partial charge is 0.262 e. The number of hydrogen-bond acceptors (Lipinski definition) is 7. The largest absolute Gasteiger partial charge is 0.493 e. The van der Waals surface area contributed by atoms with Crippen molar-refractivity contribution in [3.8, 4) is 17.6 Å². The van der Waals surface area contributed by atoms with Crippen LogP contribution in [0.1, 0.15) is 38.2 Å². The highest BCUT2D eigenvalue weighted by molar-refractivity contribution is 6.33. The third-order valence-corrected chi connectivity index (χ3v) is 6.43. The Balaban J connectivity index is 1.60. The zero-order chi connectivity index (χ0) is 26.0. The van der Waals surface area contributed by atoms with Gasteiger partial charge < -0.3 is 25.3 Å². The fourth-order valence-electron chi connectivity index (χ4n) is 4.49. The molecule has 8 nitrogen and oxygen atoms in total. The van der Waals surface area contributed by atoms with Crippen LogP contribution in [0.3, 0.4) is 0 Å². The Hall–Kier alpha value is -3.96. The summed E-state index contributed by atoms with van der Waals surface area (Å²) in [5.74, 6) is -0.0210. The van der Waals surface area contributed by atoms with Gasteiger partial charge in [-0.15, -0.1) is 0 Å². The van der Waals surface area contributed by atoms with Crippen molar-refractivity contribution in [2.75, 3.05) is 19.0 Å². The van der Waals surface area contributed by atoms with Gasteiger partial charge in [-0.1, -0.05) is 43.6 Å². The van der Waals surface area contributed by atoms with Crippen LogP contribution in [0.2, 0.25) is 5.02 Å². The molecule has 3 N–H and O–H groups in total. The van der Waals surface area contributed by atoms with Gasteiger partial charge in [0, 0.05) is 18.4 Å². The molecule has 186 valence electrons. The third-order valence-electron chi connectivity index (χ3n) is 6.10. The van der Waals surface area contributed by atoms with E-state index in [1.54, 1.807) is 42.5 Å². The van der Waals surface area contributed by atoms with Crippen LogP contribution in [0.25, 0.3) is 0 Å². The van der Waals surface area contributed by atoms with Gasteiger partial charge in [-0.25, -0.2) is 0 Å². The maximum absolute atomic E-state index is 13.1. The lowest BCUT2D eigenvalue weighted by molar-refractivity contribution is -0.119. The summed E-state index contributed by atoms with van der Waals surface area (Å²) < 4.78 is 16.9. The van der Waals surface area contributed by atoms with Crippen LogP contribution in [0, 0.1) is 16.7 Å². The number of hydrogen-bond donors (Lipinski definition) is 2. The number of rotatable bonds is 6. The van der Waals surface area contributed by atoms with E-state index in [-0.39, 0.29) is 29.3 Å². The number of halogens is 1. The summed E-state index contributed by atoms with van der Waals surface area (Å²) in [6.45, 7) is 3.70. The number of allylic oxidation sites excluding steroid dienone is 3. The Morgan fingerprint density at radius 2 is 2.00 bits per heavy atom. The van der Waals surface area contributed by atoms with Crippen LogP contribution in [-0.4, -0.2) is 25.4 Å². The number of nitrogens with two attached hydrogens (primary N) is 1. The van der Waals surface area contributed by atoms with Crippen molar-refractivity contribution in [1.29, 1.82) is 5.26 Å². The second kappa shape index (κ2) is 9.96. The van der Waals surface area contributed by atoms with Crippen LogP contribution in [0.4, 0.5) is 5.69 Å². The van der Waals surface area contributed by atoms with Crippen molar-refractivity contribution in [1.82, 2.24) is 0 Å². The topological polar surface area (TPSA) is 124 Å². The van der Waals surface area contributed by atoms with Crippen molar-refractivity contribution in [3.05, 3.63) is 75.8 Å². The monoisotopic (exact) mass is 507 g/mol. The molecule has 0 saturated carbocycles. The third kappa shape index (κ3) is 5.02.